The molecule has 1 fully saturated rings. The van der Waals surface area contributed by atoms with E-state index in [1.165, 1.54) is 61.2 Å². The Hall–Kier alpha value is -4.51. The second-order valence-electron chi connectivity index (χ2n) is 14.2. The van der Waals surface area contributed by atoms with Crippen LogP contribution < -0.4 is 9.47 Å². The normalized spacial score (nSPS) is 17.0. The summed E-state index contributed by atoms with van der Waals surface area (Å²) in [6, 6.07) is 21.3. The van der Waals surface area contributed by atoms with Gasteiger partial charge in [-0.1, -0.05) is 6.42 Å². The van der Waals surface area contributed by atoms with E-state index in [1.807, 2.05) is 51.6 Å². The van der Waals surface area contributed by atoms with E-state index in [0.717, 1.165) is 90.2 Å². The topological polar surface area (TPSA) is 91.3 Å². The van der Waals surface area contributed by atoms with Crippen LogP contribution in [0.3, 0.4) is 0 Å². The summed E-state index contributed by atoms with van der Waals surface area (Å²) >= 11 is 5.66. The van der Waals surface area contributed by atoms with Crippen molar-refractivity contribution in [1.29, 1.82) is 0 Å². The first kappa shape index (κ1) is 35.5. The molecule has 1 atom stereocenters. The standard InChI is InChI=1S/C25H32N4O.C17H16ClN3O2/c1-19-7-5-16-28(19)17-6-18-30-21-12-10-20(11-13-21)25-22-8-3-2-4-9-23(22)27-24-14-15-26-29(24)25;18-7-1-9-23-13-4-2-12(3-5-13)17-14-10-22-11-15(14)20-16-6-8-19-21(16)17/h10-15,19H,2-9,16-18H2,1H3;2-6,8H,1,7,9-11H2. The molecule has 0 radical (unpaired) electrons. The molecule has 9 rings (SSSR count). The van der Waals surface area contributed by atoms with Crippen LogP contribution in [0.1, 0.15) is 74.4 Å². The lowest BCUT2D eigenvalue weighted by molar-refractivity contribution is 0.133. The van der Waals surface area contributed by atoms with Crippen LogP contribution >= 0.6 is 11.6 Å². The van der Waals surface area contributed by atoms with Crippen LogP contribution in [0.5, 0.6) is 11.5 Å². The number of aromatic nitrogens is 6. The Labute approximate surface area is 316 Å². The Morgan fingerprint density at radius 1 is 0.698 bits per heavy atom. The lowest BCUT2D eigenvalue weighted by Crippen LogP contribution is -2.28. The molecule has 276 valence electrons. The molecule has 53 heavy (non-hydrogen) atoms. The molecule has 2 aliphatic heterocycles. The van der Waals surface area contributed by atoms with Crippen molar-refractivity contribution in [1.82, 2.24) is 34.1 Å². The first-order chi connectivity index (χ1) is 26.2. The van der Waals surface area contributed by atoms with Crippen LogP contribution in [0.25, 0.3) is 33.8 Å². The zero-order valence-corrected chi connectivity index (χ0v) is 31.3. The van der Waals surface area contributed by atoms with Crippen LogP contribution in [0.2, 0.25) is 0 Å². The minimum absolute atomic E-state index is 0.559. The van der Waals surface area contributed by atoms with Gasteiger partial charge in [-0.25, -0.2) is 19.0 Å². The molecule has 2 aromatic carbocycles. The second kappa shape index (κ2) is 16.7. The van der Waals surface area contributed by atoms with Gasteiger partial charge in [0.2, 0.25) is 0 Å². The van der Waals surface area contributed by atoms with Gasteiger partial charge in [0.05, 0.1) is 55.9 Å². The second-order valence-corrected chi connectivity index (χ2v) is 14.6. The Bertz CT molecular complexity index is 2130. The molecule has 6 aromatic rings. The third-order valence-corrected chi connectivity index (χ3v) is 10.9. The molecule has 11 heteroatoms. The van der Waals surface area contributed by atoms with Crippen molar-refractivity contribution in [3.8, 4) is 34.0 Å². The number of rotatable bonds is 11. The Morgan fingerprint density at radius 3 is 1.96 bits per heavy atom. The molecular formula is C42H48ClN7O3. The smallest absolute Gasteiger partial charge is 0.156 e. The van der Waals surface area contributed by atoms with Gasteiger partial charge in [-0.2, -0.15) is 10.2 Å². The van der Waals surface area contributed by atoms with Crippen molar-refractivity contribution in [2.45, 2.75) is 84.0 Å². The van der Waals surface area contributed by atoms with Crippen LogP contribution in [-0.4, -0.2) is 72.3 Å². The molecule has 10 nitrogen and oxygen atoms in total. The maximum Gasteiger partial charge on any atom is 0.156 e. The maximum absolute atomic E-state index is 6.04. The summed E-state index contributed by atoms with van der Waals surface area (Å²) < 4.78 is 21.1. The summed E-state index contributed by atoms with van der Waals surface area (Å²) in [5.41, 5.74) is 11.0. The average molecular weight is 734 g/mol. The maximum atomic E-state index is 6.04. The largest absolute Gasteiger partial charge is 0.494 e. The summed E-state index contributed by atoms with van der Waals surface area (Å²) in [6.07, 6.45) is 14.1. The molecule has 0 bridgehead atoms. The number of alkyl halides is 1. The highest BCUT2D eigenvalue weighted by atomic mass is 35.5. The first-order valence-corrected chi connectivity index (χ1v) is 19.7. The van der Waals surface area contributed by atoms with Crippen molar-refractivity contribution in [3.63, 3.8) is 0 Å². The third-order valence-electron chi connectivity index (χ3n) is 10.6. The van der Waals surface area contributed by atoms with E-state index in [2.05, 4.69) is 51.3 Å². The number of hydrogen-bond donors (Lipinski definition) is 0. The zero-order valence-electron chi connectivity index (χ0n) is 30.6. The molecule has 1 unspecified atom stereocenters. The van der Waals surface area contributed by atoms with E-state index < -0.39 is 0 Å². The SMILES string of the molecule is CC1CCCN1CCCOc1ccc(-c2c3c(nc4ccnn24)CCCCC3)cc1.ClCCCOc1ccc(-c2c3c(nc4ccnn24)COC3)cc1. The van der Waals surface area contributed by atoms with E-state index in [1.54, 1.807) is 6.20 Å². The first-order valence-electron chi connectivity index (χ1n) is 19.2. The fourth-order valence-electron chi connectivity index (χ4n) is 7.85. The quantitative estimate of drug-likeness (QED) is 0.0746. The Morgan fingerprint density at radius 2 is 1.32 bits per heavy atom. The minimum atomic E-state index is 0.559. The van der Waals surface area contributed by atoms with Crippen molar-refractivity contribution in [2.75, 3.05) is 32.2 Å². The van der Waals surface area contributed by atoms with Crippen LogP contribution in [0, 0.1) is 0 Å². The van der Waals surface area contributed by atoms with E-state index >= 15 is 0 Å². The van der Waals surface area contributed by atoms with Crippen LogP contribution in [-0.2, 0) is 30.8 Å². The van der Waals surface area contributed by atoms with Gasteiger partial charge in [-0.15, -0.1) is 11.6 Å². The molecule has 0 amide bonds. The van der Waals surface area contributed by atoms with Crippen molar-refractivity contribution in [3.05, 3.63) is 95.6 Å². The van der Waals surface area contributed by atoms with E-state index in [4.69, 9.17) is 30.8 Å². The molecule has 0 N–H and O–H groups in total. The lowest BCUT2D eigenvalue weighted by Gasteiger charge is -2.20. The summed E-state index contributed by atoms with van der Waals surface area (Å²) in [7, 11) is 0. The zero-order chi connectivity index (χ0) is 36.0. The number of ether oxygens (including phenoxy) is 3. The fraction of sp³-hybridized carbons (Fsp3) is 0.429. The highest BCUT2D eigenvalue weighted by molar-refractivity contribution is 6.17. The molecule has 4 aromatic heterocycles. The molecular weight excluding hydrogens is 686 g/mol. The van der Waals surface area contributed by atoms with E-state index in [0.29, 0.717) is 25.7 Å². The number of hydrogen-bond acceptors (Lipinski definition) is 8. The summed E-state index contributed by atoms with van der Waals surface area (Å²) in [5.74, 6) is 2.40. The molecule has 1 aliphatic carbocycles. The van der Waals surface area contributed by atoms with Crippen LogP contribution in [0.4, 0.5) is 0 Å². The number of aryl methyl sites for hydroxylation is 1. The van der Waals surface area contributed by atoms with Gasteiger partial charge in [0.25, 0.3) is 0 Å². The van der Waals surface area contributed by atoms with Gasteiger partial charge in [0, 0.05) is 58.5 Å². The average Bonchev–Trinajstić information content (AvgIpc) is 4.00. The molecule has 3 aliphatic rings. The third kappa shape index (κ3) is 7.91. The molecule has 6 heterocycles. The van der Waals surface area contributed by atoms with Gasteiger partial charge in [-0.05, 0) is 113 Å². The molecule has 0 spiro atoms. The van der Waals surface area contributed by atoms with Crippen LogP contribution in [0.15, 0.2) is 73.1 Å². The number of fused-ring (bicyclic) bond motifs is 4. The number of nitrogens with zero attached hydrogens (tertiary/aromatic N) is 7. The number of benzene rings is 2. The number of halogens is 1. The number of likely N-dealkylation sites (tertiary alicyclic amines) is 1. The van der Waals surface area contributed by atoms with E-state index in [9.17, 15) is 0 Å². The highest BCUT2D eigenvalue weighted by Gasteiger charge is 2.23. The van der Waals surface area contributed by atoms with Gasteiger partial charge in [0.15, 0.2) is 11.3 Å². The van der Waals surface area contributed by atoms with Crippen molar-refractivity contribution >= 4 is 22.9 Å². The van der Waals surface area contributed by atoms with Gasteiger partial charge in [0.1, 0.15) is 11.5 Å². The lowest BCUT2D eigenvalue weighted by atomic mass is 10.0. The summed E-state index contributed by atoms with van der Waals surface area (Å²) in [5, 5.41) is 8.99. The predicted molar refractivity (Wildman–Crippen MR) is 208 cm³/mol. The fourth-order valence-corrected chi connectivity index (χ4v) is 7.96. The van der Waals surface area contributed by atoms with E-state index in [-0.39, 0.29) is 0 Å². The molecule has 1 saturated heterocycles. The van der Waals surface area contributed by atoms with Crippen molar-refractivity contribution in [2.24, 2.45) is 0 Å². The van der Waals surface area contributed by atoms with Gasteiger partial charge in [-0.3, -0.25) is 0 Å². The Balaban J connectivity index is 0.000000156. The predicted octanol–water partition coefficient (Wildman–Crippen LogP) is 8.35. The highest BCUT2D eigenvalue weighted by Crippen LogP contribution is 2.33. The monoisotopic (exact) mass is 733 g/mol. The summed E-state index contributed by atoms with van der Waals surface area (Å²) in [6.45, 7) is 7.25. The van der Waals surface area contributed by atoms with Crippen molar-refractivity contribution < 1.29 is 14.2 Å². The van der Waals surface area contributed by atoms with Gasteiger partial charge < -0.3 is 19.1 Å². The molecule has 0 saturated carbocycles. The van der Waals surface area contributed by atoms with Gasteiger partial charge >= 0.3 is 0 Å². The summed E-state index contributed by atoms with van der Waals surface area (Å²) in [4.78, 5) is 12.1. The minimum Gasteiger partial charge on any atom is -0.494 e. The Kier molecular flexibility index (Phi) is 11.2.